The van der Waals surface area contributed by atoms with Gasteiger partial charge >= 0.3 is 0 Å². The molecule has 1 heteroatoms. The molecule has 0 aliphatic carbocycles. The predicted molar refractivity (Wildman–Crippen MR) is 289 cm³/mol. The Morgan fingerprint density at radius 1 is 0.194 bits per heavy atom. The first kappa shape index (κ1) is 37.6. The van der Waals surface area contributed by atoms with Crippen molar-refractivity contribution in [1.82, 2.24) is 0 Å². The molecule has 0 saturated carbocycles. The number of anilines is 3. The van der Waals surface area contributed by atoms with Crippen molar-refractivity contribution in [3.63, 3.8) is 0 Å². The fraction of sp³-hybridized carbons (Fsp3) is 0. The molecule has 0 atom stereocenters. The third-order valence-corrected chi connectivity index (χ3v) is 14.3. The molecule has 0 N–H and O–H groups in total. The monoisotopic (exact) mass is 847 g/mol. The minimum atomic E-state index is 1.10. The molecule has 0 spiro atoms. The van der Waals surface area contributed by atoms with Crippen molar-refractivity contribution in [3.05, 3.63) is 249 Å². The van der Waals surface area contributed by atoms with Crippen LogP contribution in [0.25, 0.3) is 120 Å². The molecule has 0 bridgehead atoms. The Morgan fingerprint density at radius 2 is 0.597 bits per heavy atom. The van der Waals surface area contributed by atoms with Crippen molar-refractivity contribution in [2.75, 3.05) is 4.90 Å². The Kier molecular flexibility index (Phi) is 8.35. The summed E-state index contributed by atoms with van der Waals surface area (Å²) >= 11 is 0. The normalized spacial score (nSPS) is 11.9. The average Bonchev–Trinajstić information content (AvgIpc) is 3.40. The van der Waals surface area contributed by atoms with Crippen molar-refractivity contribution in [2.45, 2.75) is 0 Å². The van der Waals surface area contributed by atoms with E-state index in [2.05, 4.69) is 254 Å². The van der Waals surface area contributed by atoms with Gasteiger partial charge in [-0.25, -0.2) is 0 Å². The van der Waals surface area contributed by atoms with Crippen LogP contribution in [0.3, 0.4) is 0 Å². The highest BCUT2D eigenvalue weighted by Crippen LogP contribution is 2.47. The third kappa shape index (κ3) is 5.95. The zero-order valence-corrected chi connectivity index (χ0v) is 36.6. The number of hydrogen-bond donors (Lipinski definition) is 0. The maximum Gasteiger partial charge on any atom is 0.0474 e. The molecule has 14 aromatic carbocycles. The molecule has 0 aliphatic rings. The Labute approximate surface area is 388 Å². The summed E-state index contributed by atoms with van der Waals surface area (Å²) in [5, 5.41) is 20.4. The quantitative estimate of drug-likeness (QED) is 0.151. The van der Waals surface area contributed by atoms with Gasteiger partial charge in [0.05, 0.1) is 0 Å². The highest BCUT2D eigenvalue weighted by atomic mass is 15.1. The molecule has 0 fully saturated rings. The summed E-state index contributed by atoms with van der Waals surface area (Å²) in [6.07, 6.45) is 0. The first-order chi connectivity index (χ1) is 33.2. The van der Waals surface area contributed by atoms with Crippen LogP contribution < -0.4 is 4.90 Å². The molecule has 67 heavy (non-hydrogen) atoms. The van der Waals surface area contributed by atoms with Crippen molar-refractivity contribution >= 4 is 103 Å². The molecule has 0 amide bonds. The van der Waals surface area contributed by atoms with Crippen molar-refractivity contribution < 1.29 is 0 Å². The van der Waals surface area contributed by atoms with E-state index in [-0.39, 0.29) is 0 Å². The topological polar surface area (TPSA) is 3.24 Å². The number of hydrogen-bond acceptors (Lipinski definition) is 1. The van der Waals surface area contributed by atoms with Crippen LogP contribution in [-0.4, -0.2) is 0 Å². The number of nitrogens with zero attached hydrogens (tertiary/aromatic N) is 1. The maximum atomic E-state index is 2.46. The highest BCUT2D eigenvalue weighted by molar-refractivity contribution is 6.37. The largest absolute Gasteiger partial charge is 0.310 e. The minimum absolute atomic E-state index is 1.10. The standard InChI is InChI=1S/C66H41N/c1-2-11-42(12-3-1)43-23-25-44(26-24-43)45-31-35-52(36-32-45)67(53-37-33-46(34-38-53)61-40-50-13-4-5-17-55(50)56-18-6-7-19-57(56)61)54-39-51-30-29-49-15-9-21-59-58-20-8-14-47-27-28-48-16-10-22-60(65(48)63(47)58)62(41-54)66(51)64(49)59/h1-41H. The van der Waals surface area contributed by atoms with Crippen LogP contribution in [-0.2, 0) is 0 Å². The number of benzene rings is 13. The number of fused-ring (bicyclic) bond motifs is 5. The van der Waals surface area contributed by atoms with Crippen molar-refractivity contribution in [2.24, 2.45) is 0 Å². The molecule has 0 unspecified atom stereocenters. The Hall–Kier alpha value is -8.78. The van der Waals surface area contributed by atoms with E-state index < -0.39 is 0 Å². The lowest BCUT2D eigenvalue weighted by molar-refractivity contribution is 1.29. The smallest absolute Gasteiger partial charge is 0.0474 e. The lowest BCUT2D eigenvalue weighted by atomic mass is 9.87. The zero-order valence-electron chi connectivity index (χ0n) is 36.6. The van der Waals surface area contributed by atoms with Crippen LogP contribution in [0.1, 0.15) is 0 Å². The fourth-order valence-electron chi connectivity index (χ4n) is 11.2. The van der Waals surface area contributed by atoms with Gasteiger partial charge in [0.1, 0.15) is 0 Å². The third-order valence-electron chi connectivity index (χ3n) is 14.3. The van der Waals surface area contributed by atoms with E-state index in [9.17, 15) is 0 Å². The van der Waals surface area contributed by atoms with E-state index in [1.54, 1.807) is 0 Å². The maximum absolute atomic E-state index is 2.46. The molecular weight excluding hydrogens is 807 g/mol. The van der Waals surface area contributed by atoms with Gasteiger partial charge in [-0.2, -0.15) is 0 Å². The molecule has 14 aromatic rings. The summed E-state index contributed by atoms with van der Waals surface area (Å²) in [4.78, 5) is 2.45. The Bertz CT molecular complexity index is 4220. The average molecular weight is 848 g/mol. The molecule has 310 valence electrons. The van der Waals surface area contributed by atoms with Gasteiger partial charge in [-0.3, -0.25) is 0 Å². The summed E-state index contributed by atoms with van der Waals surface area (Å²) in [6, 6.07) is 92.3. The second kappa shape index (κ2) is 14.9. The molecule has 0 saturated heterocycles. The van der Waals surface area contributed by atoms with E-state index in [1.165, 1.54) is 120 Å². The fourth-order valence-corrected chi connectivity index (χ4v) is 11.2. The molecule has 14 rings (SSSR count). The van der Waals surface area contributed by atoms with E-state index in [0.29, 0.717) is 0 Å². The lowest BCUT2D eigenvalue weighted by Gasteiger charge is -2.27. The van der Waals surface area contributed by atoms with Crippen LogP contribution in [0, 0.1) is 0 Å². The summed E-state index contributed by atoms with van der Waals surface area (Å²) in [7, 11) is 0. The van der Waals surface area contributed by atoms with Crippen molar-refractivity contribution in [1.29, 1.82) is 0 Å². The van der Waals surface area contributed by atoms with E-state index >= 15 is 0 Å². The van der Waals surface area contributed by atoms with Gasteiger partial charge in [-0.15, -0.1) is 0 Å². The number of rotatable bonds is 6. The molecule has 1 nitrogen and oxygen atoms in total. The van der Waals surface area contributed by atoms with Gasteiger partial charge in [0.15, 0.2) is 0 Å². The second-order valence-corrected chi connectivity index (χ2v) is 18.0. The van der Waals surface area contributed by atoms with Crippen molar-refractivity contribution in [3.8, 4) is 33.4 Å². The summed E-state index contributed by atoms with van der Waals surface area (Å²) in [5.74, 6) is 0. The Balaban J connectivity index is 0.995. The van der Waals surface area contributed by atoms with Crippen LogP contribution >= 0.6 is 0 Å². The molecule has 0 aromatic heterocycles. The minimum Gasteiger partial charge on any atom is -0.310 e. The SMILES string of the molecule is c1ccc(-c2ccc(-c3ccc(N(c4ccc(-c5cc6ccccc6c6ccccc56)cc4)c4cc5ccc6cccc7c8cccc9ccc%10cccc(c(c4)c5c67)c%10c98)cc3)cc2)cc1. The summed E-state index contributed by atoms with van der Waals surface area (Å²) in [6.45, 7) is 0. The molecular formula is C66H41N. The second-order valence-electron chi connectivity index (χ2n) is 18.0. The summed E-state index contributed by atoms with van der Waals surface area (Å²) in [5.41, 5.74) is 10.5. The molecule has 0 radical (unpaired) electrons. The Morgan fingerprint density at radius 3 is 1.18 bits per heavy atom. The van der Waals surface area contributed by atoms with Crippen LogP contribution in [0.5, 0.6) is 0 Å². The van der Waals surface area contributed by atoms with Crippen LogP contribution in [0.2, 0.25) is 0 Å². The van der Waals surface area contributed by atoms with Crippen LogP contribution in [0.15, 0.2) is 249 Å². The van der Waals surface area contributed by atoms with Gasteiger partial charge in [0.25, 0.3) is 0 Å². The van der Waals surface area contributed by atoms with Gasteiger partial charge < -0.3 is 4.90 Å². The van der Waals surface area contributed by atoms with Crippen LogP contribution in [0.4, 0.5) is 17.1 Å². The molecule has 0 aliphatic heterocycles. The van der Waals surface area contributed by atoms with E-state index in [0.717, 1.165) is 17.1 Å². The highest BCUT2D eigenvalue weighted by Gasteiger charge is 2.20. The van der Waals surface area contributed by atoms with Gasteiger partial charge in [0, 0.05) is 17.1 Å². The van der Waals surface area contributed by atoms with Gasteiger partial charge in [0.2, 0.25) is 0 Å². The molecule has 0 heterocycles. The van der Waals surface area contributed by atoms with E-state index in [1.807, 2.05) is 0 Å². The summed E-state index contributed by atoms with van der Waals surface area (Å²) < 4.78 is 0. The van der Waals surface area contributed by atoms with Gasteiger partial charge in [-0.05, 0) is 162 Å². The van der Waals surface area contributed by atoms with E-state index in [4.69, 9.17) is 0 Å². The lowest BCUT2D eigenvalue weighted by Crippen LogP contribution is -2.10. The first-order valence-electron chi connectivity index (χ1n) is 23.2. The van der Waals surface area contributed by atoms with Gasteiger partial charge in [-0.1, -0.05) is 206 Å². The zero-order chi connectivity index (χ0) is 44.0. The first-order valence-corrected chi connectivity index (χ1v) is 23.2. The predicted octanol–water partition coefficient (Wildman–Crippen LogP) is 18.8.